The summed E-state index contributed by atoms with van der Waals surface area (Å²) in [7, 11) is 0. The molecule has 0 saturated heterocycles. The molecule has 1 heterocycles. The van der Waals surface area contributed by atoms with E-state index in [9.17, 15) is 4.79 Å². The van der Waals surface area contributed by atoms with Crippen LogP contribution in [0.2, 0.25) is 0 Å². The van der Waals surface area contributed by atoms with Gasteiger partial charge in [-0.25, -0.2) is 4.98 Å². The largest absolute Gasteiger partial charge is 0.310 e. The lowest BCUT2D eigenvalue weighted by Crippen LogP contribution is -2.27. The molecular formula is C12H21N3O. The van der Waals surface area contributed by atoms with Crippen molar-refractivity contribution in [3.05, 3.63) is 27.4 Å². The Balaban J connectivity index is 2.72. The summed E-state index contributed by atoms with van der Waals surface area (Å²) < 4.78 is 0. The first-order chi connectivity index (χ1) is 7.58. The Bertz CT molecular complexity index is 394. The molecule has 16 heavy (non-hydrogen) atoms. The topological polar surface area (TPSA) is 49.0 Å². The van der Waals surface area contributed by atoms with E-state index in [1.807, 2.05) is 6.92 Å². The summed E-state index contributed by atoms with van der Waals surface area (Å²) in [6.45, 7) is 11.0. The summed E-state index contributed by atoms with van der Waals surface area (Å²) in [6.07, 6.45) is 0.804. The van der Waals surface area contributed by atoms with Crippen molar-refractivity contribution in [2.75, 3.05) is 19.6 Å². The van der Waals surface area contributed by atoms with Gasteiger partial charge in [0.05, 0.1) is 0 Å². The van der Waals surface area contributed by atoms with Gasteiger partial charge in [0.25, 0.3) is 5.56 Å². The highest BCUT2D eigenvalue weighted by Crippen LogP contribution is 1.99. The van der Waals surface area contributed by atoms with Crippen LogP contribution < -0.4 is 5.56 Å². The average molecular weight is 223 g/mol. The van der Waals surface area contributed by atoms with Gasteiger partial charge in [-0.05, 0) is 26.9 Å². The van der Waals surface area contributed by atoms with Gasteiger partial charge in [0.15, 0.2) is 0 Å². The van der Waals surface area contributed by atoms with Gasteiger partial charge in [0.1, 0.15) is 5.82 Å². The van der Waals surface area contributed by atoms with Crippen molar-refractivity contribution in [3.63, 3.8) is 0 Å². The van der Waals surface area contributed by atoms with Crippen LogP contribution in [0.3, 0.4) is 0 Å². The summed E-state index contributed by atoms with van der Waals surface area (Å²) in [5, 5.41) is 0. The second-order valence-corrected chi connectivity index (χ2v) is 4.00. The van der Waals surface area contributed by atoms with Crippen molar-refractivity contribution in [1.82, 2.24) is 14.9 Å². The number of aromatic amines is 1. The Morgan fingerprint density at radius 3 is 2.38 bits per heavy atom. The first-order valence-electron chi connectivity index (χ1n) is 5.87. The predicted octanol–water partition coefficient (Wildman–Crippen LogP) is 1.27. The summed E-state index contributed by atoms with van der Waals surface area (Å²) in [6, 6.07) is 0. The maximum Gasteiger partial charge on any atom is 0.254 e. The molecule has 1 N–H and O–H groups in total. The minimum absolute atomic E-state index is 0.0120. The molecule has 0 radical (unpaired) electrons. The third-order valence-electron chi connectivity index (χ3n) is 3.00. The molecule has 0 aliphatic heterocycles. The number of aromatic nitrogens is 2. The van der Waals surface area contributed by atoms with Gasteiger partial charge in [-0.1, -0.05) is 13.8 Å². The standard InChI is InChI=1S/C12H21N3O/c1-5-15(6-2)8-7-11-13-10(4)9(3)12(16)14-11/h5-8H2,1-4H3,(H,13,14,16). The van der Waals surface area contributed by atoms with Gasteiger partial charge in [-0.3, -0.25) is 4.79 Å². The fourth-order valence-corrected chi connectivity index (χ4v) is 1.63. The van der Waals surface area contributed by atoms with Crippen LogP contribution in [0.15, 0.2) is 4.79 Å². The fraction of sp³-hybridized carbons (Fsp3) is 0.667. The second-order valence-electron chi connectivity index (χ2n) is 4.00. The summed E-state index contributed by atoms with van der Waals surface area (Å²) in [4.78, 5) is 21.1. The van der Waals surface area contributed by atoms with Crippen LogP contribution in [0.5, 0.6) is 0 Å². The second kappa shape index (κ2) is 5.80. The molecule has 0 unspecified atom stereocenters. The SMILES string of the molecule is CCN(CC)CCc1nc(C)c(C)c(=O)[nH]1. The summed E-state index contributed by atoms with van der Waals surface area (Å²) in [5.74, 6) is 0.792. The lowest BCUT2D eigenvalue weighted by Gasteiger charge is -2.17. The van der Waals surface area contributed by atoms with E-state index in [1.54, 1.807) is 6.92 Å². The predicted molar refractivity (Wildman–Crippen MR) is 65.8 cm³/mol. The van der Waals surface area contributed by atoms with E-state index in [4.69, 9.17) is 0 Å². The lowest BCUT2D eigenvalue weighted by atomic mass is 10.2. The molecule has 0 aliphatic rings. The van der Waals surface area contributed by atoms with Gasteiger partial charge < -0.3 is 9.88 Å². The number of H-pyrrole nitrogens is 1. The van der Waals surface area contributed by atoms with Crippen molar-refractivity contribution in [3.8, 4) is 0 Å². The lowest BCUT2D eigenvalue weighted by molar-refractivity contribution is 0.305. The molecule has 90 valence electrons. The van der Waals surface area contributed by atoms with E-state index in [1.165, 1.54) is 0 Å². The van der Waals surface area contributed by atoms with Gasteiger partial charge in [-0.2, -0.15) is 0 Å². The number of likely N-dealkylation sites (N-methyl/N-ethyl adjacent to an activating group) is 1. The highest BCUT2D eigenvalue weighted by Gasteiger charge is 2.05. The molecule has 1 rings (SSSR count). The number of nitrogens with one attached hydrogen (secondary N) is 1. The molecule has 0 spiro atoms. The number of hydrogen-bond acceptors (Lipinski definition) is 3. The number of nitrogens with zero attached hydrogens (tertiary/aromatic N) is 2. The van der Waals surface area contributed by atoms with Crippen molar-refractivity contribution in [2.24, 2.45) is 0 Å². The molecule has 0 aromatic carbocycles. The molecule has 4 nitrogen and oxygen atoms in total. The Morgan fingerprint density at radius 1 is 1.25 bits per heavy atom. The molecule has 0 atom stereocenters. The summed E-state index contributed by atoms with van der Waals surface area (Å²) in [5.41, 5.74) is 1.53. The molecule has 0 saturated carbocycles. The van der Waals surface area contributed by atoms with E-state index in [2.05, 4.69) is 28.7 Å². The molecule has 0 aliphatic carbocycles. The van der Waals surface area contributed by atoms with Crippen molar-refractivity contribution >= 4 is 0 Å². The van der Waals surface area contributed by atoms with Crippen LogP contribution in [0.25, 0.3) is 0 Å². The minimum atomic E-state index is -0.0120. The number of aryl methyl sites for hydroxylation is 1. The first kappa shape index (κ1) is 12.9. The fourth-order valence-electron chi connectivity index (χ4n) is 1.63. The van der Waals surface area contributed by atoms with E-state index >= 15 is 0 Å². The maximum absolute atomic E-state index is 11.5. The van der Waals surface area contributed by atoms with E-state index in [0.717, 1.165) is 37.6 Å². The third kappa shape index (κ3) is 3.17. The van der Waals surface area contributed by atoms with Crippen LogP contribution in [-0.2, 0) is 6.42 Å². The highest BCUT2D eigenvalue weighted by molar-refractivity contribution is 5.14. The van der Waals surface area contributed by atoms with Gasteiger partial charge in [-0.15, -0.1) is 0 Å². The number of rotatable bonds is 5. The Morgan fingerprint density at radius 2 is 1.88 bits per heavy atom. The summed E-state index contributed by atoms with van der Waals surface area (Å²) >= 11 is 0. The van der Waals surface area contributed by atoms with Crippen LogP contribution in [0.1, 0.15) is 30.9 Å². The zero-order chi connectivity index (χ0) is 12.1. The first-order valence-corrected chi connectivity index (χ1v) is 5.87. The zero-order valence-corrected chi connectivity index (χ0v) is 10.6. The van der Waals surface area contributed by atoms with Crippen molar-refractivity contribution in [1.29, 1.82) is 0 Å². The quantitative estimate of drug-likeness (QED) is 0.818. The van der Waals surface area contributed by atoms with Crippen molar-refractivity contribution in [2.45, 2.75) is 34.1 Å². The maximum atomic E-state index is 11.5. The normalized spacial score (nSPS) is 11.1. The zero-order valence-electron chi connectivity index (χ0n) is 10.6. The number of hydrogen-bond donors (Lipinski definition) is 1. The monoisotopic (exact) mass is 223 g/mol. The van der Waals surface area contributed by atoms with Crippen LogP contribution in [-0.4, -0.2) is 34.5 Å². The average Bonchev–Trinajstić information content (AvgIpc) is 2.27. The molecule has 0 fully saturated rings. The molecule has 1 aromatic rings. The third-order valence-corrected chi connectivity index (χ3v) is 3.00. The molecule has 0 bridgehead atoms. The van der Waals surface area contributed by atoms with E-state index < -0.39 is 0 Å². The minimum Gasteiger partial charge on any atom is -0.310 e. The van der Waals surface area contributed by atoms with Crippen LogP contribution in [0.4, 0.5) is 0 Å². The van der Waals surface area contributed by atoms with E-state index in [0.29, 0.717) is 5.56 Å². The van der Waals surface area contributed by atoms with Crippen molar-refractivity contribution < 1.29 is 0 Å². The van der Waals surface area contributed by atoms with Crippen LogP contribution >= 0.6 is 0 Å². The Hall–Kier alpha value is -1.16. The van der Waals surface area contributed by atoms with E-state index in [-0.39, 0.29) is 5.56 Å². The Kier molecular flexibility index (Phi) is 4.68. The molecule has 0 amide bonds. The van der Waals surface area contributed by atoms with Gasteiger partial charge in [0.2, 0.25) is 0 Å². The molecule has 4 heteroatoms. The van der Waals surface area contributed by atoms with Crippen LogP contribution in [0, 0.1) is 13.8 Å². The van der Waals surface area contributed by atoms with Gasteiger partial charge in [0, 0.05) is 24.2 Å². The van der Waals surface area contributed by atoms with Gasteiger partial charge >= 0.3 is 0 Å². The highest BCUT2D eigenvalue weighted by atomic mass is 16.1. The smallest absolute Gasteiger partial charge is 0.254 e. The molecular weight excluding hydrogens is 202 g/mol. The Labute approximate surface area is 96.7 Å². The molecule has 1 aromatic heterocycles.